The molecule has 1 aromatic carbocycles. The van der Waals surface area contributed by atoms with Gasteiger partial charge in [-0.25, -0.2) is 0 Å². The molecule has 0 radical (unpaired) electrons. The number of amides is 1. The Kier molecular flexibility index (Phi) is 5.00. The van der Waals surface area contributed by atoms with Crippen molar-refractivity contribution in [2.24, 2.45) is 0 Å². The van der Waals surface area contributed by atoms with E-state index >= 15 is 0 Å². The number of rotatable bonds is 3. The van der Waals surface area contributed by atoms with E-state index in [-0.39, 0.29) is 29.3 Å². The van der Waals surface area contributed by atoms with Crippen LogP contribution in [-0.4, -0.2) is 10.9 Å². The van der Waals surface area contributed by atoms with E-state index < -0.39 is 0 Å². The van der Waals surface area contributed by atoms with Crippen LogP contribution in [0.4, 0.5) is 0 Å². The molecule has 0 saturated carbocycles. The van der Waals surface area contributed by atoms with Crippen LogP contribution in [0.5, 0.6) is 0 Å². The Balaban J connectivity index is 0.00000176. The maximum atomic E-state index is 12.0. The number of aromatic amines is 1. The third kappa shape index (κ3) is 3.37. The van der Waals surface area contributed by atoms with Gasteiger partial charge in [-0.05, 0) is 23.6 Å². The van der Waals surface area contributed by atoms with Crippen LogP contribution in [-0.2, 0) is 19.6 Å². The Hall–Kier alpha value is -2.11. The van der Waals surface area contributed by atoms with Crippen LogP contribution in [0.2, 0.25) is 0 Å². The lowest BCUT2D eigenvalue weighted by atomic mass is 10.1. The molecule has 2 heterocycles. The molecule has 6 heteroatoms. The monoisotopic (exact) mass is 319 g/mol. The van der Waals surface area contributed by atoms with Crippen molar-refractivity contribution in [1.82, 2.24) is 15.6 Å². The zero-order valence-electron chi connectivity index (χ0n) is 12.2. The highest BCUT2D eigenvalue weighted by molar-refractivity contribution is 5.93. The highest BCUT2D eigenvalue weighted by Gasteiger charge is 2.12. The van der Waals surface area contributed by atoms with Gasteiger partial charge in [-0.15, -0.1) is 12.4 Å². The van der Waals surface area contributed by atoms with E-state index in [0.717, 1.165) is 24.3 Å². The highest BCUT2D eigenvalue weighted by atomic mass is 35.5. The largest absolute Gasteiger partial charge is 0.364 e. The summed E-state index contributed by atoms with van der Waals surface area (Å²) in [4.78, 5) is 26.7. The van der Waals surface area contributed by atoms with Crippen LogP contribution < -0.4 is 16.1 Å². The zero-order chi connectivity index (χ0) is 14.8. The summed E-state index contributed by atoms with van der Waals surface area (Å²) >= 11 is 0. The highest BCUT2D eigenvalue weighted by Crippen LogP contribution is 2.16. The summed E-state index contributed by atoms with van der Waals surface area (Å²) in [5.41, 5.74) is 4.23. The summed E-state index contributed by atoms with van der Waals surface area (Å²) in [5, 5.41) is 6.07. The van der Waals surface area contributed by atoms with Gasteiger partial charge in [0.15, 0.2) is 5.43 Å². The van der Waals surface area contributed by atoms with Gasteiger partial charge in [0.2, 0.25) is 0 Å². The van der Waals surface area contributed by atoms with Gasteiger partial charge in [-0.2, -0.15) is 0 Å². The van der Waals surface area contributed by atoms with Gasteiger partial charge < -0.3 is 15.6 Å². The predicted molar refractivity (Wildman–Crippen MR) is 87.2 cm³/mol. The third-order valence-corrected chi connectivity index (χ3v) is 3.66. The number of carbonyl (C=O) groups excluding carboxylic acids is 1. The molecule has 1 amide bonds. The molecular weight excluding hydrogens is 302 g/mol. The molecule has 1 aromatic heterocycles. The Morgan fingerprint density at radius 1 is 1.23 bits per heavy atom. The van der Waals surface area contributed by atoms with Gasteiger partial charge in [-0.1, -0.05) is 18.2 Å². The lowest BCUT2D eigenvalue weighted by Gasteiger charge is -2.07. The molecule has 5 nitrogen and oxygen atoms in total. The van der Waals surface area contributed by atoms with Crippen molar-refractivity contribution in [3.63, 3.8) is 0 Å². The first kappa shape index (κ1) is 16.3. The summed E-state index contributed by atoms with van der Waals surface area (Å²) in [6.45, 7) is 3.97. The number of pyridine rings is 1. The Morgan fingerprint density at radius 2 is 2.00 bits per heavy atom. The number of hydrogen-bond donors (Lipinski definition) is 3. The third-order valence-electron chi connectivity index (χ3n) is 3.66. The number of benzene rings is 1. The molecule has 0 saturated heterocycles. The van der Waals surface area contributed by atoms with Crippen LogP contribution in [0, 0.1) is 6.92 Å². The molecule has 0 unspecified atom stereocenters. The van der Waals surface area contributed by atoms with Gasteiger partial charge in [-0.3, -0.25) is 9.59 Å². The fourth-order valence-corrected chi connectivity index (χ4v) is 2.49. The number of H-pyrrole nitrogens is 1. The molecule has 0 atom stereocenters. The van der Waals surface area contributed by atoms with Crippen LogP contribution in [0.1, 0.15) is 32.7 Å². The van der Waals surface area contributed by atoms with Crippen molar-refractivity contribution < 1.29 is 4.79 Å². The van der Waals surface area contributed by atoms with Gasteiger partial charge >= 0.3 is 0 Å². The van der Waals surface area contributed by atoms with Crippen molar-refractivity contribution in [3.8, 4) is 0 Å². The number of hydrogen-bond acceptors (Lipinski definition) is 3. The summed E-state index contributed by atoms with van der Waals surface area (Å²) in [7, 11) is 0. The first-order valence-corrected chi connectivity index (χ1v) is 6.92. The fraction of sp³-hybridized carbons (Fsp3) is 0.250. The van der Waals surface area contributed by atoms with Gasteiger partial charge in [0.05, 0.1) is 0 Å². The quantitative estimate of drug-likeness (QED) is 0.805. The Labute approximate surface area is 134 Å². The van der Waals surface area contributed by atoms with E-state index in [4.69, 9.17) is 0 Å². The van der Waals surface area contributed by atoms with Gasteiger partial charge in [0.25, 0.3) is 5.91 Å². The van der Waals surface area contributed by atoms with Crippen molar-refractivity contribution in [3.05, 3.63) is 68.6 Å². The molecule has 3 N–H and O–H groups in total. The second-order valence-corrected chi connectivity index (χ2v) is 5.28. The molecule has 0 aliphatic carbocycles. The van der Waals surface area contributed by atoms with Crippen LogP contribution >= 0.6 is 12.4 Å². The maximum absolute atomic E-state index is 12.0. The minimum absolute atomic E-state index is 0. The number of nitrogens with one attached hydrogen (secondary N) is 3. The van der Waals surface area contributed by atoms with Crippen molar-refractivity contribution in [1.29, 1.82) is 0 Å². The summed E-state index contributed by atoms with van der Waals surface area (Å²) in [6, 6.07) is 7.60. The van der Waals surface area contributed by atoms with Crippen LogP contribution in [0.15, 0.2) is 35.3 Å². The first-order valence-electron chi connectivity index (χ1n) is 6.92. The van der Waals surface area contributed by atoms with E-state index in [1.807, 2.05) is 6.07 Å². The SMILES string of the molecule is Cc1cc(=O)c(C(=O)NCc2ccc3c(c2)CNC3)c[nH]1.Cl. The molecule has 2 aromatic rings. The number of aryl methyl sites for hydroxylation is 1. The number of halogens is 1. The van der Waals surface area contributed by atoms with Gasteiger partial charge in [0.1, 0.15) is 5.56 Å². The number of aromatic nitrogens is 1. The van der Waals surface area contributed by atoms with E-state index in [1.165, 1.54) is 23.4 Å². The topological polar surface area (TPSA) is 74.0 Å². The van der Waals surface area contributed by atoms with Crippen molar-refractivity contribution >= 4 is 18.3 Å². The molecule has 22 heavy (non-hydrogen) atoms. The van der Waals surface area contributed by atoms with E-state index in [2.05, 4.69) is 27.8 Å². The minimum atomic E-state index is -0.352. The molecular formula is C16H18ClN3O2. The number of carbonyl (C=O) groups is 1. The summed E-state index contributed by atoms with van der Waals surface area (Å²) in [6.07, 6.45) is 1.46. The summed E-state index contributed by atoms with van der Waals surface area (Å²) in [5.74, 6) is -0.352. The van der Waals surface area contributed by atoms with Crippen molar-refractivity contribution in [2.75, 3.05) is 0 Å². The smallest absolute Gasteiger partial charge is 0.257 e. The molecule has 0 bridgehead atoms. The second-order valence-electron chi connectivity index (χ2n) is 5.28. The second kappa shape index (κ2) is 6.77. The van der Waals surface area contributed by atoms with E-state index in [9.17, 15) is 9.59 Å². The molecule has 1 aliphatic rings. The standard InChI is InChI=1S/C16H17N3O2.ClH/c1-10-4-15(20)14(9-18-10)16(21)19-6-11-2-3-12-7-17-8-13(12)5-11;/h2-5,9,17H,6-8H2,1H3,(H,18,20)(H,19,21);1H. The predicted octanol–water partition coefficient (Wildman–Crippen LogP) is 1.64. The molecule has 0 spiro atoms. The Morgan fingerprint density at radius 3 is 2.77 bits per heavy atom. The fourth-order valence-electron chi connectivity index (χ4n) is 2.49. The van der Waals surface area contributed by atoms with E-state index in [0.29, 0.717) is 6.54 Å². The Bertz CT molecular complexity index is 755. The number of fused-ring (bicyclic) bond motifs is 1. The lowest BCUT2D eigenvalue weighted by molar-refractivity contribution is 0.0949. The van der Waals surface area contributed by atoms with Crippen LogP contribution in [0.25, 0.3) is 0 Å². The van der Waals surface area contributed by atoms with Gasteiger partial charge in [0, 0.05) is 37.6 Å². The van der Waals surface area contributed by atoms with Crippen LogP contribution in [0.3, 0.4) is 0 Å². The molecule has 0 fully saturated rings. The average molecular weight is 320 g/mol. The average Bonchev–Trinajstić information content (AvgIpc) is 2.92. The molecule has 1 aliphatic heterocycles. The van der Waals surface area contributed by atoms with E-state index in [1.54, 1.807) is 6.92 Å². The lowest BCUT2D eigenvalue weighted by Crippen LogP contribution is -2.28. The summed E-state index contributed by atoms with van der Waals surface area (Å²) < 4.78 is 0. The van der Waals surface area contributed by atoms with Crippen molar-refractivity contribution in [2.45, 2.75) is 26.6 Å². The normalized spacial score (nSPS) is 12.4. The maximum Gasteiger partial charge on any atom is 0.257 e. The first-order chi connectivity index (χ1) is 10.1. The molecule has 116 valence electrons. The zero-order valence-corrected chi connectivity index (χ0v) is 13.0. The minimum Gasteiger partial charge on any atom is -0.364 e. The molecule has 3 rings (SSSR count).